The zero-order valence-electron chi connectivity index (χ0n) is 12.4. The number of nitrogens with zero attached hydrogens (tertiary/aromatic N) is 5. The zero-order chi connectivity index (χ0) is 13.7. The summed E-state index contributed by atoms with van der Waals surface area (Å²) in [5.41, 5.74) is 0. The van der Waals surface area contributed by atoms with Crippen molar-refractivity contribution in [3.05, 3.63) is 0 Å². The summed E-state index contributed by atoms with van der Waals surface area (Å²) in [6.07, 6.45) is 0. The van der Waals surface area contributed by atoms with E-state index in [1.165, 1.54) is 39.3 Å². The predicted molar refractivity (Wildman–Crippen MR) is 77.0 cm³/mol. The van der Waals surface area contributed by atoms with Crippen LogP contribution >= 0.6 is 0 Å². The van der Waals surface area contributed by atoms with Gasteiger partial charge >= 0.3 is 0 Å². The molecule has 5 heteroatoms. The molecule has 2 heterocycles. The maximum Gasteiger partial charge on any atom is 0.0950 e. The minimum atomic E-state index is 0.0692. The van der Waals surface area contributed by atoms with Crippen molar-refractivity contribution < 1.29 is 0 Å². The Bertz CT molecular complexity index is 297. The quantitative estimate of drug-likeness (QED) is 0.701. The molecule has 2 aliphatic rings. The van der Waals surface area contributed by atoms with Crippen molar-refractivity contribution in [2.24, 2.45) is 0 Å². The molecule has 0 radical (unpaired) electrons. The third-order valence-corrected chi connectivity index (χ3v) is 4.47. The lowest BCUT2D eigenvalue weighted by Crippen LogP contribution is -2.52. The van der Waals surface area contributed by atoms with Crippen LogP contribution < -0.4 is 0 Å². The van der Waals surface area contributed by atoms with Gasteiger partial charge in [0.1, 0.15) is 0 Å². The van der Waals surface area contributed by atoms with Gasteiger partial charge in [-0.2, -0.15) is 5.26 Å². The number of rotatable bonds is 4. The van der Waals surface area contributed by atoms with Gasteiger partial charge in [0, 0.05) is 65.4 Å². The molecule has 0 saturated carbocycles. The van der Waals surface area contributed by atoms with Crippen LogP contribution in [0.5, 0.6) is 0 Å². The fraction of sp³-hybridized carbons (Fsp3) is 0.929. The van der Waals surface area contributed by atoms with Gasteiger partial charge in [-0.15, -0.1) is 0 Å². The predicted octanol–water partition coefficient (Wildman–Crippen LogP) is -0.237. The largest absolute Gasteiger partial charge is 0.304 e. The van der Waals surface area contributed by atoms with Crippen LogP contribution in [0.2, 0.25) is 0 Å². The third-order valence-electron chi connectivity index (χ3n) is 4.47. The van der Waals surface area contributed by atoms with Crippen molar-refractivity contribution in [3.8, 4) is 6.07 Å². The van der Waals surface area contributed by atoms with E-state index in [0.29, 0.717) is 0 Å². The Balaban J connectivity index is 1.62. The second kappa shape index (κ2) is 7.20. The fourth-order valence-corrected chi connectivity index (χ4v) is 2.81. The van der Waals surface area contributed by atoms with Gasteiger partial charge in [0.2, 0.25) is 0 Å². The van der Waals surface area contributed by atoms with Crippen LogP contribution in [0.25, 0.3) is 0 Å². The number of nitriles is 1. The third kappa shape index (κ3) is 4.43. The van der Waals surface area contributed by atoms with E-state index >= 15 is 0 Å². The molecular weight excluding hydrogens is 238 g/mol. The maximum atomic E-state index is 8.93. The smallest absolute Gasteiger partial charge is 0.0950 e. The highest BCUT2D eigenvalue weighted by molar-refractivity contribution is 4.90. The van der Waals surface area contributed by atoms with Crippen LogP contribution in [0.15, 0.2) is 0 Å². The first-order valence-electron chi connectivity index (χ1n) is 7.46. The summed E-state index contributed by atoms with van der Waals surface area (Å²) in [5.74, 6) is 0. The van der Waals surface area contributed by atoms with E-state index in [4.69, 9.17) is 5.26 Å². The Morgan fingerprint density at radius 1 is 0.895 bits per heavy atom. The van der Waals surface area contributed by atoms with Crippen LogP contribution in [0.4, 0.5) is 0 Å². The SMILES string of the molecule is CC(C#N)N1CCN(CCN2CCN(C)CC2)CC1. The van der Waals surface area contributed by atoms with Crippen LogP contribution in [0.3, 0.4) is 0 Å². The number of hydrogen-bond donors (Lipinski definition) is 0. The molecule has 0 aliphatic carbocycles. The number of piperazine rings is 2. The molecule has 0 aromatic rings. The monoisotopic (exact) mass is 265 g/mol. The molecule has 0 bridgehead atoms. The lowest BCUT2D eigenvalue weighted by Gasteiger charge is -2.38. The first kappa shape index (κ1) is 14.7. The van der Waals surface area contributed by atoms with E-state index in [-0.39, 0.29) is 6.04 Å². The lowest BCUT2D eigenvalue weighted by atomic mass is 10.2. The van der Waals surface area contributed by atoms with E-state index < -0.39 is 0 Å². The molecule has 108 valence electrons. The molecule has 1 atom stereocenters. The molecule has 2 saturated heterocycles. The van der Waals surface area contributed by atoms with E-state index in [1.807, 2.05) is 6.92 Å². The lowest BCUT2D eigenvalue weighted by molar-refractivity contribution is 0.0945. The average molecular weight is 265 g/mol. The van der Waals surface area contributed by atoms with Gasteiger partial charge < -0.3 is 4.90 Å². The van der Waals surface area contributed by atoms with Gasteiger partial charge in [-0.05, 0) is 14.0 Å². The summed E-state index contributed by atoms with van der Waals surface area (Å²) < 4.78 is 0. The summed E-state index contributed by atoms with van der Waals surface area (Å²) in [7, 11) is 2.20. The van der Waals surface area contributed by atoms with Crippen LogP contribution in [-0.4, -0.2) is 98.1 Å². The maximum absolute atomic E-state index is 8.93. The molecular formula is C14H27N5. The number of hydrogen-bond acceptors (Lipinski definition) is 5. The van der Waals surface area contributed by atoms with Crippen LogP contribution in [0.1, 0.15) is 6.92 Å². The second-order valence-electron chi connectivity index (χ2n) is 5.83. The Kier molecular flexibility index (Phi) is 5.59. The van der Waals surface area contributed by atoms with Crippen molar-refractivity contribution in [1.82, 2.24) is 19.6 Å². The fourth-order valence-electron chi connectivity index (χ4n) is 2.81. The summed E-state index contributed by atoms with van der Waals surface area (Å²) in [4.78, 5) is 9.80. The molecule has 0 amide bonds. The van der Waals surface area contributed by atoms with Crippen LogP contribution in [-0.2, 0) is 0 Å². The molecule has 19 heavy (non-hydrogen) atoms. The first-order valence-corrected chi connectivity index (χ1v) is 7.46. The molecule has 2 aliphatic heterocycles. The number of likely N-dealkylation sites (N-methyl/N-ethyl adjacent to an activating group) is 1. The van der Waals surface area contributed by atoms with Gasteiger partial charge in [-0.25, -0.2) is 0 Å². The van der Waals surface area contributed by atoms with Gasteiger partial charge in [-0.3, -0.25) is 14.7 Å². The molecule has 0 aromatic carbocycles. The summed E-state index contributed by atoms with van der Waals surface area (Å²) in [6.45, 7) is 13.5. The summed E-state index contributed by atoms with van der Waals surface area (Å²) in [6, 6.07) is 2.40. The van der Waals surface area contributed by atoms with E-state index in [0.717, 1.165) is 26.2 Å². The van der Waals surface area contributed by atoms with Gasteiger partial charge in [0.25, 0.3) is 0 Å². The van der Waals surface area contributed by atoms with Crippen molar-refractivity contribution in [2.75, 3.05) is 72.5 Å². The highest BCUT2D eigenvalue weighted by atomic mass is 15.3. The highest BCUT2D eigenvalue weighted by Gasteiger charge is 2.21. The summed E-state index contributed by atoms with van der Waals surface area (Å²) >= 11 is 0. The van der Waals surface area contributed by atoms with Crippen LogP contribution in [0, 0.1) is 11.3 Å². The van der Waals surface area contributed by atoms with Gasteiger partial charge in [0.05, 0.1) is 12.1 Å². The van der Waals surface area contributed by atoms with E-state index in [2.05, 4.69) is 32.7 Å². The minimum absolute atomic E-state index is 0.0692. The molecule has 5 nitrogen and oxygen atoms in total. The molecule has 1 unspecified atom stereocenters. The van der Waals surface area contributed by atoms with E-state index in [9.17, 15) is 0 Å². The molecule has 0 spiro atoms. The highest BCUT2D eigenvalue weighted by Crippen LogP contribution is 2.06. The van der Waals surface area contributed by atoms with Crippen molar-refractivity contribution in [3.63, 3.8) is 0 Å². The van der Waals surface area contributed by atoms with Gasteiger partial charge in [-0.1, -0.05) is 0 Å². The van der Waals surface area contributed by atoms with Crippen molar-refractivity contribution >= 4 is 0 Å². The Morgan fingerprint density at radius 3 is 1.84 bits per heavy atom. The molecule has 2 rings (SSSR count). The van der Waals surface area contributed by atoms with Crippen molar-refractivity contribution in [1.29, 1.82) is 5.26 Å². The molecule has 2 fully saturated rings. The Morgan fingerprint density at radius 2 is 1.37 bits per heavy atom. The molecule has 0 N–H and O–H groups in total. The van der Waals surface area contributed by atoms with E-state index in [1.54, 1.807) is 0 Å². The average Bonchev–Trinajstić information content (AvgIpc) is 2.46. The first-order chi connectivity index (χ1) is 9.19. The Labute approximate surface area is 117 Å². The topological polar surface area (TPSA) is 36.8 Å². The minimum Gasteiger partial charge on any atom is -0.304 e. The van der Waals surface area contributed by atoms with Crippen molar-refractivity contribution in [2.45, 2.75) is 13.0 Å². The standard InChI is InChI=1S/C14H27N5/c1-14(13-15)19-11-9-18(10-12-19)8-7-17-5-3-16(2)4-6-17/h14H,3-12H2,1-2H3. The van der Waals surface area contributed by atoms with Gasteiger partial charge in [0.15, 0.2) is 0 Å². The second-order valence-corrected chi connectivity index (χ2v) is 5.83. The molecule has 0 aromatic heterocycles. The summed E-state index contributed by atoms with van der Waals surface area (Å²) in [5, 5.41) is 8.93. The Hall–Kier alpha value is -0.670. The normalized spacial score (nSPS) is 26.2. The zero-order valence-corrected chi connectivity index (χ0v) is 12.4.